The first kappa shape index (κ1) is 17.6. The van der Waals surface area contributed by atoms with Crippen LogP contribution in [-0.2, 0) is 21.2 Å². The third-order valence-electron chi connectivity index (χ3n) is 5.44. The predicted molar refractivity (Wildman–Crippen MR) is 108 cm³/mol. The van der Waals surface area contributed by atoms with Gasteiger partial charge in [-0.2, -0.15) is 0 Å². The molecule has 9 heteroatoms. The number of carbonyl (C=O) groups is 1. The number of sulfonamides is 1. The highest BCUT2D eigenvalue weighted by Crippen LogP contribution is 2.42. The lowest BCUT2D eigenvalue weighted by atomic mass is 10.1. The fourth-order valence-electron chi connectivity index (χ4n) is 4.08. The summed E-state index contributed by atoms with van der Waals surface area (Å²) in [7, 11) is -3.84. The molecule has 2 aliphatic heterocycles. The van der Waals surface area contributed by atoms with Crippen molar-refractivity contribution in [2.24, 2.45) is 0 Å². The van der Waals surface area contributed by atoms with Crippen LogP contribution in [-0.4, -0.2) is 32.3 Å². The van der Waals surface area contributed by atoms with Crippen molar-refractivity contribution < 1.29 is 18.1 Å². The second-order valence-corrected chi connectivity index (χ2v) is 8.84. The lowest BCUT2D eigenvalue weighted by molar-refractivity contribution is -0.384. The first-order valence-corrected chi connectivity index (χ1v) is 10.4. The molecule has 0 spiro atoms. The third-order valence-corrected chi connectivity index (χ3v) is 7.24. The molecule has 0 fully saturated rings. The fraction of sp³-hybridized carbons (Fsp3) is 0.150. The smallest absolute Gasteiger partial charge is 0.271 e. The predicted octanol–water partition coefficient (Wildman–Crippen LogP) is 2.85. The van der Waals surface area contributed by atoms with Gasteiger partial charge >= 0.3 is 0 Å². The Morgan fingerprint density at radius 1 is 1.07 bits per heavy atom. The number of fused-ring (bicyclic) bond motifs is 1. The monoisotopic (exact) mass is 409 g/mol. The second-order valence-electron chi connectivity index (χ2n) is 7.01. The minimum atomic E-state index is -3.84. The maximum Gasteiger partial charge on any atom is 0.271 e. The van der Waals surface area contributed by atoms with Gasteiger partial charge in [0.2, 0.25) is 5.91 Å². The molecule has 3 aromatic carbocycles. The Morgan fingerprint density at radius 2 is 1.83 bits per heavy atom. The van der Waals surface area contributed by atoms with Crippen LogP contribution in [0.2, 0.25) is 0 Å². The number of nitro groups is 1. The standard InChI is InChI=1S/C20H15N3O5S/c24-19(21-10-9-13-7-8-15(23(25)26)11-17(13)21)12-22-16-5-1-3-14-4-2-6-18(20(14)16)29(22,27)28/h1-8,11H,9-10,12H2. The maximum absolute atomic E-state index is 13.1. The van der Waals surface area contributed by atoms with Gasteiger partial charge in [0.15, 0.2) is 0 Å². The Labute approximate surface area is 166 Å². The van der Waals surface area contributed by atoms with Crippen LogP contribution in [0.4, 0.5) is 17.1 Å². The zero-order valence-corrected chi connectivity index (χ0v) is 15.9. The number of benzene rings is 3. The fourth-order valence-corrected chi connectivity index (χ4v) is 5.74. The van der Waals surface area contributed by atoms with Gasteiger partial charge in [0.05, 0.1) is 21.2 Å². The zero-order chi connectivity index (χ0) is 20.3. The van der Waals surface area contributed by atoms with E-state index >= 15 is 0 Å². The Balaban J connectivity index is 1.52. The molecule has 3 aromatic rings. The number of amides is 1. The van der Waals surface area contributed by atoms with Crippen molar-refractivity contribution in [3.63, 3.8) is 0 Å². The van der Waals surface area contributed by atoms with Gasteiger partial charge in [-0.05, 0) is 29.5 Å². The number of hydrogen-bond acceptors (Lipinski definition) is 5. The number of anilines is 2. The summed E-state index contributed by atoms with van der Waals surface area (Å²) in [5.74, 6) is -0.419. The van der Waals surface area contributed by atoms with E-state index in [0.29, 0.717) is 29.7 Å². The molecule has 2 heterocycles. The normalized spacial score (nSPS) is 16.3. The number of hydrogen-bond donors (Lipinski definition) is 0. The molecule has 1 amide bonds. The molecular formula is C20H15N3O5S. The van der Waals surface area contributed by atoms with Gasteiger partial charge in [-0.15, -0.1) is 0 Å². The number of non-ortho nitro benzene ring substituents is 1. The maximum atomic E-state index is 13.1. The molecule has 29 heavy (non-hydrogen) atoms. The van der Waals surface area contributed by atoms with Crippen LogP contribution >= 0.6 is 0 Å². The van der Waals surface area contributed by atoms with Crippen LogP contribution in [0, 0.1) is 10.1 Å². The summed E-state index contributed by atoms with van der Waals surface area (Å²) in [5, 5.41) is 12.5. The van der Waals surface area contributed by atoms with E-state index in [-0.39, 0.29) is 17.1 Å². The minimum Gasteiger partial charge on any atom is -0.310 e. The minimum absolute atomic E-state index is 0.102. The van der Waals surface area contributed by atoms with E-state index in [2.05, 4.69) is 0 Å². The van der Waals surface area contributed by atoms with Crippen molar-refractivity contribution in [2.75, 3.05) is 22.3 Å². The SMILES string of the molecule is O=C(CN1c2cccc3cccc(c23)S1(=O)=O)N1CCc2ccc([N+](=O)[O-])cc21. The molecule has 0 unspecified atom stereocenters. The van der Waals surface area contributed by atoms with Crippen molar-refractivity contribution >= 4 is 43.8 Å². The molecule has 0 radical (unpaired) electrons. The van der Waals surface area contributed by atoms with E-state index < -0.39 is 20.9 Å². The average molecular weight is 409 g/mol. The van der Waals surface area contributed by atoms with E-state index in [0.717, 1.165) is 15.3 Å². The number of nitrogens with zero attached hydrogens (tertiary/aromatic N) is 3. The highest BCUT2D eigenvalue weighted by Gasteiger charge is 2.38. The van der Waals surface area contributed by atoms with E-state index in [1.54, 1.807) is 30.3 Å². The molecule has 0 atom stereocenters. The van der Waals surface area contributed by atoms with Gasteiger partial charge < -0.3 is 4.90 Å². The molecule has 0 aliphatic carbocycles. The first-order valence-electron chi connectivity index (χ1n) is 9.00. The van der Waals surface area contributed by atoms with E-state index in [9.17, 15) is 23.3 Å². The molecular weight excluding hydrogens is 394 g/mol. The Morgan fingerprint density at radius 3 is 2.59 bits per heavy atom. The van der Waals surface area contributed by atoms with Crippen LogP contribution < -0.4 is 9.21 Å². The Hall–Kier alpha value is -3.46. The summed E-state index contributed by atoms with van der Waals surface area (Å²) in [4.78, 5) is 25.3. The largest absolute Gasteiger partial charge is 0.310 e. The summed E-state index contributed by atoms with van der Waals surface area (Å²) < 4.78 is 27.3. The van der Waals surface area contributed by atoms with Crippen molar-refractivity contribution in [1.29, 1.82) is 0 Å². The molecule has 0 aromatic heterocycles. The summed E-state index contributed by atoms with van der Waals surface area (Å²) in [6.07, 6.45) is 0.571. The molecule has 5 rings (SSSR count). The van der Waals surface area contributed by atoms with E-state index in [4.69, 9.17) is 0 Å². The summed E-state index contributed by atoms with van der Waals surface area (Å²) >= 11 is 0. The van der Waals surface area contributed by atoms with Gasteiger partial charge in [-0.25, -0.2) is 8.42 Å². The van der Waals surface area contributed by atoms with Crippen LogP contribution in [0.25, 0.3) is 10.8 Å². The van der Waals surface area contributed by atoms with Crippen molar-refractivity contribution in [2.45, 2.75) is 11.3 Å². The van der Waals surface area contributed by atoms with Crippen LogP contribution in [0.5, 0.6) is 0 Å². The van der Waals surface area contributed by atoms with Gasteiger partial charge in [0, 0.05) is 24.1 Å². The first-order chi connectivity index (χ1) is 13.9. The van der Waals surface area contributed by atoms with Gasteiger partial charge in [-0.3, -0.25) is 19.2 Å². The molecule has 8 nitrogen and oxygen atoms in total. The number of nitro benzene ring substituents is 1. The molecule has 0 saturated heterocycles. The van der Waals surface area contributed by atoms with E-state index in [1.807, 2.05) is 12.1 Å². The van der Waals surface area contributed by atoms with Crippen LogP contribution in [0.15, 0.2) is 59.5 Å². The number of carbonyl (C=O) groups excluding carboxylic acids is 1. The topological polar surface area (TPSA) is 101 Å². The van der Waals surface area contributed by atoms with Gasteiger partial charge in [-0.1, -0.05) is 30.3 Å². The van der Waals surface area contributed by atoms with Crippen molar-refractivity contribution in [3.05, 3.63) is 70.3 Å². The van der Waals surface area contributed by atoms with Crippen molar-refractivity contribution in [1.82, 2.24) is 0 Å². The highest BCUT2D eigenvalue weighted by molar-refractivity contribution is 7.93. The summed E-state index contributed by atoms with van der Waals surface area (Å²) in [6.45, 7) is -0.00136. The summed E-state index contributed by atoms with van der Waals surface area (Å²) in [6, 6.07) is 14.8. The van der Waals surface area contributed by atoms with Crippen LogP contribution in [0.3, 0.4) is 0 Å². The molecule has 0 bridgehead atoms. The van der Waals surface area contributed by atoms with Gasteiger partial charge in [0.1, 0.15) is 6.54 Å². The highest BCUT2D eigenvalue weighted by atomic mass is 32.2. The quantitative estimate of drug-likeness (QED) is 0.489. The lowest BCUT2D eigenvalue weighted by Gasteiger charge is -2.23. The van der Waals surface area contributed by atoms with Gasteiger partial charge in [0.25, 0.3) is 15.7 Å². The third kappa shape index (κ3) is 2.51. The molecule has 2 aliphatic rings. The zero-order valence-electron chi connectivity index (χ0n) is 15.1. The lowest BCUT2D eigenvalue weighted by Crippen LogP contribution is -2.41. The second kappa shape index (κ2) is 6.02. The Kier molecular flexibility index (Phi) is 3.66. The van der Waals surface area contributed by atoms with Crippen LogP contribution in [0.1, 0.15) is 5.56 Å². The van der Waals surface area contributed by atoms with E-state index in [1.165, 1.54) is 17.0 Å². The molecule has 0 N–H and O–H groups in total. The Bertz CT molecular complexity index is 1310. The van der Waals surface area contributed by atoms with Crippen molar-refractivity contribution in [3.8, 4) is 0 Å². The molecule has 146 valence electrons. The summed E-state index contributed by atoms with van der Waals surface area (Å²) in [5.41, 5.74) is 1.68. The number of rotatable bonds is 3. The average Bonchev–Trinajstić information content (AvgIpc) is 3.22. The molecule has 0 saturated carbocycles.